The van der Waals surface area contributed by atoms with E-state index in [0.717, 1.165) is 6.42 Å². The Morgan fingerprint density at radius 1 is 1.53 bits per heavy atom. The molecule has 0 saturated carbocycles. The van der Waals surface area contributed by atoms with E-state index in [-0.39, 0.29) is 12.1 Å². The van der Waals surface area contributed by atoms with E-state index in [1.54, 1.807) is 6.33 Å². The molecule has 6 heteroatoms. The van der Waals surface area contributed by atoms with Crippen molar-refractivity contribution in [3.8, 4) is 5.88 Å². The maximum absolute atomic E-state index is 5.60. The second-order valence-electron chi connectivity index (χ2n) is 3.32. The summed E-state index contributed by atoms with van der Waals surface area (Å²) in [6, 6.07) is 0. The van der Waals surface area contributed by atoms with Crippen LogP contribution >= 0.6 is 0 Å². The quantitative estimate of drug-likeness (QED) is 0.786. The predicted octanol–water partition coefficient (Wildman–Crippen LogP) is 1.11. The molecule has 0 spiro atoms. The van der Waals surface area contributed by atoms with Crippen LogP contribution in [-0.4, -0.2) is 26.0 Å². The molecule has 2 heterocycles. The van der Waals surface area contributed by atoms with Crippen molar-refractivity contribution in [2.75, 3.05) is 5.73 Å². The molecular weight excluding hydrogens is 194 g/mol. The molecule has 15 heavy (non-hydrogen) atoms. The minimum absolute atomic E-state index is 0.0826. The Balaban J connectivity index is 2.44. The van der Waals surface area contributed by atoms with Gasteiger partial charge in [-0.25, -0.2) is 4.98 Å². The van der Waals surface area contributed by atoms with Crippen LogP contribution in [0.4, 0.5) is 5.95 Å². The molecule has 0 bridgehead atoms. The Kier molecular flexibility index (Phi) is 2.40. The first-order valence-electron chi connectivity index (χ1n) is 4.84. The largest absolute Gasteiger partial charge is 0.473 e. The van der Waals surface area contributed by atoms with Gasteiger partial charge in [-0.2, -0.15) is 9.97 Å². The standard InChI is InChI=1S/C9H13N5O/c1-3-5(2)15-8-6-7(12-4-11-6)13-9(10)14-8/h4-5H,3H2,1-2H3,(H3,10,11,12,13,14). The van der Waals surface area contributed by atoms with E-state index >= 15 is 0 Å². The molecule has 0 fully saturated rings. The molecule has 0 aliphatic heterocycles. The Hall–Kier alpha value is -1.85. The molecule has 6 nitrogen and oxygen atoms in total. The first-order chi connectivity index (χ1) is 7.20. The predicted molar refractivity (Wildman–Crippen MR) is 56.5 cm³/mol. The average molecular weight is 207 g/mol. The number of ether oxygens (including phenoxy) is 1. The summed E-state index contributed by atoms with van der Waals surface area (Å²) in [6.45, 7) is 4.01. The molecule has 0 aliphatic carbocycles. The van der Waals surface area contributed by atoms with Crippen molar-refractivity contribution < 1.29 is 4.74 Å². The summed E-state index contributed by atoms with van der Waals surface area (Å²) in [6.07, 6.45) is 2.53. The molecule has 1 unspecified atom stereocenters. The molecule has 0 aliphatic rings. The molecule has 0 aromatic carbocycles. The highest BCUT2D eigenvalue weighted by Crippen LogP contribution is 2.21. The first kappa shape index (κ1) is 9.70. The van der Waals surface area contributed by atoms with Gasteiger partial charge in [0, 0.05) is 0 Å². The molecule has 80 valence electrons. The second-order valence-corrected chi connectivity index (χ2v) is 3.32. The SMILES string of the molecule is CCC(C)Oc1nc(N)nc2[nH]cnc12. The van der Waals surface area contributed by atoms with Gasteiger partial charge in [-0.3, -0.25) is 0 Å². The molecule has 0 saturated heterocycles. The van der Waals surface area contributed by atoms with Crippen LogP contribution in [0, 0.1) is 0 Å². The van der Waals surface area contributed by atoms with Crippen LogP contribution < -0.4 is 10.5 Å². The second kappa shape index (κ2) is 3.72. The van der Waals surface area contributed by atoms with Crippen LogP contribution in [0.1, 0.15) is 20.3 Å². The van der Waals surface area contributed by atoms with E-state index in [4.69, 9.17) is 10.5 Å². The van der Waals surface area contributed by atoms with E-state index < -0.39 is 0 Å². The summed E-state index contributed by atoms with van der Waals surface area (Å²) in [5.41, 5.74) is 6.76. The van der Waals surface area contributed by atoms with E-state index in [9.17, 15) is 0 Å². The van der Waals surface area contributed by atoms with Gasteiger partial charge in [0.25, 0.3) is 0 Å². The Labute approximate surface area is 86.9 Å². The molecule has 3 N–H and O–H groups in total. The first-order valence-corrected chi connectivity index (χ1v) is 4.84. The van der Waals surface area contributed by atoms with Gasteiger partial charge in [0.15, 0.2) is 11.2 Å². The Bertz CT molecular complexity index is 466. The fraction of sp³-hybridized carbons (Fsp3) is 0.444. The van der Waals surface area contributed by atoms with Crippen molar-refractivity contribution in [3.05, 3.63) is 6.33 Å². The summed E-state index contributed by atoms with van der Waals surface area (Å²) < 4.78 is 5.60. The molecule has 2 rings (SSSR count). The number of aromatic amines is 1. The third kappa shape index (κ3) is 1.83. The van der Waals surface area contributed by atoms with Crippen molar-refractivity contribution in [3.63, 3.8) is 0 Å². The van der Waals surface area contributed by atoms with Gasteiger partial charge in [0.05, 0.1) is 12.4 Å². The van der Waals surface area contributed by atoms with Crippen molar-refractivity contribution >= 4 is 17.1 Å². The molecule has 1 atom stereocenters. The van der Waals surface area contributed by atoms with Crippen LogP contribution in [0.3, 0.4) is 0 Å². The van der Waals surface area contributed by atoms with E-state index in [1.165, 1.54) is 0 Å². The fourth-order valence-electron chi connectivity index (χ4n) is 1.18. The van der Waals surface area contributed by atoms with Crippen LogP contribution in [-0.2, 0) is 0 Å². The van der Waals surface area contributed by atoms with Gasteiger partial charge in [-0.05, 0) is 13.3 Å². The zero-order chi connectivity index (χ0) is 10.8. The number of anilines is 1. The topological polar surface area (TPSA) is 89.7 Å². The summed E-state index contributed by atoms with van der Waals surface area (Å²) >= 11 is 0. The number of nitrogens with one attached hydrogen (secondary N) is 1. The number of hydrogen-bond donors (Lipinski definition) is 2. The van der Waals surface area contributed by atoms with Crippen LogP contribution in [0.5, 0.6) is 5.88 Å². The molecule has 2 aromatic heterocycles. The monoisotopic (exact) mass is 207 g/mol. The Morgan fingerprint density at radius 2 is 2.33 bits per heavy atom. The van der Waals surface area contributed by atoms with Crippen molar-refractivity contribution in [1.82, 2.24) is 19.9 Å². The zero-order valence-corrected chi connectivity index (χ0v) is 8.69. The molecule has 0 amide bonds. The number of nitrogens with two attached hydrogens (primary N) is 1. The number of nitrogens with zero attached hydrogens (tertiary/aromatic N) is 3. The normalized spacial score (nSPS) is 12.9. The van der Waals surface area contributed by atoms with Gasteiger partial charge in [0.1, 0.15) is 0 Å². The van der Waals surface area contributed by atoms with Crippen molar-refractivity contribution in [2.45, 2.75) is 26.4 Å². The van der Waals surface area contributed by atoms with Gasteiger partial charge in [0.2, 0.25) is 11.8 Å². The number of H-pyrrole nitrogens is 1. The van der Waals surface area contributed by atoms with Crippen molar-refractivity contribution in [1.29, 1.82) is 0 Å². The highest BCUT2D eigenvalue weighted by atomic mass is 16.5. The zero-order valence-electron chi connectivity index (χ0n) is 8.69. The van der Waals surface area contributed by atoms with E-state index in [1.807, 2.05) is 13.8 Å². The third-order valence-electron chi connectivity index (χ3n) is 2.15. The molecular formula is C9H13N5O. The van der Waals surface area contributed by atoms with E-state index in [0.29, 0.717) is 17.0 Å². The number of nitrogen functional groups attached to an aromatic ring is 1. The lowest BCUT2D eigenvalue weighted by molar-refractivity contribution is 0.211. The Morgan fingerprint density at radius 3 is 3.07 bits per heavy atom. The van der Waals surface area contributed by atoms with Gasteiger partial charge >= 0.3 is 0 Å². The average Bonchev–Trinajstić information content (AvgIpc) is 2.65. The highest BCUT2D eigenvalue weighted by molar-refractivity contribution is 5.76. The van der Waals surface area contributed by atoms with Gasteiger partial charge in [-0.1, -0.05) is 6.92 Å². The number of fused-ring (bicyclic) bond motifs is 1. The lowest BCUT2D eigenvalue weighted by atomic mass is 10.3. The summed E-state index contributed by atoms with van der Waals surface area (Å²) in [5, 5.41) is 0. The number of hydrogen-bond acceptors (Lipinski definition) is 5. The number of aromatic nitrogens is 4. The molecule has 0 radical (unpaired) electrons. The van der Waals surface area contributed by atoms with Gasteiger partial charge in [-0.15, -0.1) is 0 Å². The number of rotatable bonds is 3. The minimum Gasteiger partial charge on any atom is -0.473 e. The lowest BCUT2D eigenvalue weighted by Gasteiger charge is -2.11. The van der Waals surface area contributed by atoms with Crippen LogP contribution in [0.15, 0.2) is 6.33 Å². The highest BCUT2D eigenvalue weighted by Gasteiger charge is 2.11. The molecule has 2 aromatic rings. The van der Waals surface area contributed by atoms with E-state index in [2.05, 4.69) is 19.9 Å². The number of imidazole rings is 1. The van der Waals surface area contributed by atoms with Crippen LogP contribution in [0.25, 0.3) is 11.2 Å². The third-order valence-corrected chi connectivity index (χ3v) is 2.15. The maximum Gasteiger partial charge on any atom is 0.247 e. The van der Waals surface area contributed by atoms with Gasteiger partial charge < -0.3 is 15.5 Å². The summed E-state index contributed by atoms with van der Waals surface area (Å²) in [5.74, 6) is 0.623. The fourth-order valence-corrected chi connectivity index (χ4v) is 1.18. The van der Waals surface area contributed by atoms with Crippen LogP contribution in [0.2, 0.25) is 0 Å². The minimum atomic E-state index is 0.0826. The summed E-state index contributed by atoms with van der Waals surface area (Å²) in [7, 11) is 0. The lowest BCUT2D eigenvalue weighted by Crippen LogP contribution is -2.12. The van der Waals surface area contributed by atoms with Crippen molar-refractivity contribution in [2.24, 2.45) is 0 Å². The maximum atomic E-state index is 5.60. The summed E-state index contributed by atoms with van der Waals surface area (Å²) in [4.78, 5) is 15.0. The smallest absolute Gasteiger partial charge is 0.247 e.